The summed E-state index contributed by atoms with van der Waals surface area (Å²) in [6.07, 6.45) is 2.91. The van der Waals surface area contributed by atoms with Crippen LogP contribution in [-0.2, 0) is 11.2 Å². The van der Waals surface area contributed by atoms with E-state index < -0.39 is 5.97 Å². The van der Waals surface area contributed by atoms with Crippen molar-refractivity contribution in [2.45, 2.75) is 32.6 Å². The number of rotatable bonds is 5. The predicted molar refractivity (Wildman–Crippen MR) is 64.1 cm³/mol. The largest absolute Gasteiger partial charge is 0.481 e. The lowest BCUT2D eigenvalue weighted by molar-refractivity contribution is -0.137. The number of hydrogen-bond acceptors (Lipinski definition) is 1. The first kappa shape index (κ1) is 12.2. The molecule has 3 heteroatoms. The Morgan fingerprint density at radius 2 is 2.13 bits per heavy atom. The monoisotopic (exact) mass is 270 g/mol. The van der Waals surface area contributed by atoms with Gasteiger partial charge in [0, 0.05) is 10.9 Å². The van der Waals surface area contributed by atoms with E-state index in [-0.39, 0.29) is 6.42 Å². The maximum absolute atomic E-state index is 10.3. The van der Waals surface area contributed by atoms with Crippen molar-refractivity contribution in [1.82, 2.24) is 0 Å². The van der Waals surface area contributed by atoms with Crippen LogP contribution in [0, 0.1) is 6.92 Å². The number of unbranched alkanes of at least 4 members (excludes halogenated alkanes) is 1. The molecule has 0 saturated heterocycles. The highest BCUT2D eigenvalue weighted by atomic mass is 79.9. The van der Waals surface area contributed by atoms with Gasteiger partial charge in [0.1, 0.15) is 0 Å². The Labute approximate surface area is 98.4 Å². The molecule has 82 valence electrons. The minimum absolute atomic E-state index is 0.271. The Kier molecular flexibility index (Phi) is 4.82. The Morgan fingerprint density at radius 1 is 1.40 bits per heavy atom. The third kappa shape index (κ3) is 4.04. The van der Waals surface area contributed by atoms with E-state index in [0.717, 1.165) is 23.7 Å². The van der Waals surface area contributed by atoms with Gasteiger partial charge >= 0.3 is 5.97 Å². The number of benzene rings is 1. The average molecular weight is 271 g/mol. The van der Waals surface area contributed by atoms with Crippen molar-refractivity contribution in [3.63, 3.8) is 0 Å². The van der Waals surface area contributed by atoms with Gasteiger partial charge in [-0.15, -0.1) is 0 Å². The Bertz CT molecular complexity index is 347. The van der Waals surface area contributed by atoms with E-state index in [9.17, 15) is 4.79 Å². The fourth-order valence-electron chi connectivity index (χ4n) is 1.51. The highest BCUT2D eigenvalue weighted by Gasteiger charge is 2.02. The van der Waals surface area contributed by atoms with Gasteiger partial charge in [0.05, 0.1) is 0 Å². The van der Waals surface area contributed by atoms with E-state index in [4.69, 9.17) is 5.11 Å². The first-order chi connectivity index (χ1) is 7.11. The number of hydrogen-bond donors (Lipinski definition) is 1. The summed E-state index contributed by atoms with van der Waals surface area (Å²) >= 11 is 3.48. The molecule has 0 bridgehead atoms. The molecule has 0 aliphatic heterocycles. The summed E-state index contributed by atoms with van der Waals surface area (Å²) in [6.45, 7) is 2.08. The molecule has 15 heavy (non-hydrogen) atoms. The van der Waals surface area contributed by atoms with Gasteiger partial charge in [-0.1, -0.05) is 28.1 Å². The second-order valence-electron chi connectivity index (χ2n) is 3.62. The molecule has 0 atom stereocenters. The molecular formula is C12H15BrO2. The van der Waals surface area contributed by atoms with Crippen molar-refractivity contribution in [2.75, 3.05) is 0 Å². The molecule has 2 nitrogen and oxygen atoms in total. The van der Waals surface area contributed by atoms with Gasteiger partial charge in [-0.2, -0.15) is 0 Å². The number of aryl methyl sites for hydroxylation is 1. The van der Waals surface area contributed by atoms with Gasteiger partial charge < -0.3 is 5.11 Å². The summed E-state index contributed by atoms with van der Waals surface area (Å²) in [5.41, 5.74) is 2.56. The Hall–Kier alpha value is -0.830. The standard InChI is InChI=1S/C12H15BrO2/c1-9-10(6-4-7-11(9)13)5-2-3-8-12(14)15/h4,6-7H,2-3,5,8H2,1H3,(H,14,15). The number of carboxylic acid groups (broad SMARTS) is 1. The first-order valence-electron chi connectivity index (χ1n) is 5.07. The van der Waals surface area contributed by atoms with Crippen LogP contribution in [0.15, 0.2) is 22.7 Å². The van der Waals surface area contributed by atoms with Gasteiger partial charge in [0.25, 0.3) is 0 Å². The lowest BCUT2D eigenvalue weighted by Crippen LogP contribution is -1.96. The molecule has 0 aromatic heterocycles. The average Bonchev–Trinajstić information content (AvgIpc) is 2.18. The van der Waals surface area contributed by atoms with E-state index in [1.54, 1.807) is 0 Å². The van der Waals surface area contributed by atoms with Gasteiger partial charge in [0.15, 0.2) is 0 Å². The zero-order valence-electron chi connectivity index (χ0n) is 8.79. The van der Waals surface area contributed by atoms with E-state index in [1.807, 2.05) is 12.1 Å². The summed E-state index contributed by atoms with van der Waals surface area (Å²) in [7, 11) is 0. The number of halogens is 1. The molecular weight excluding hydrogens is 256 g/mol. The molecule has 1 N–H and O–H groups in total. The molecule has 1 rings (SSSR count). The first-order valence-corrected chi connectivity index (χ1v) is 5.86. The summed E-state index contributed by atoms with van der Waals surface area (Å²) in [4.78, 5) is 10.3. The second kappa shape index (κ2) is 5.91. The molecule has 1 aromatic rings. The molecule has 1 aromatic carbocycles. The van der Waals surface area contributed by atoms with Crippen LogP contribution < -0.4 is 0 Å². The number of carboxylic acids is 1. The molecule has 0 heterocycles. The quantitative estimate of drug-likeness (QED) is 0.831. The molecule has 0 aliphatic rings. The number of aliphatic carboxylic acids is 1. The summed E-state index contributed by atoms with van der Waals surface area (Å²) in [5.74, 6) is -0.707. The van der Waals surface area contributed by atoms with Gasteiger partial charge in [-0.05, 0) is 43.4 Å². The van der Waals surface area contributed by atoms with E-state index in [2.05, 4.69) is 28.9 Å². The maximum Gasteiger partial charge on any atom is 0.303 e. The van der Waals surface area contributed by atoms with Crippen LogP contribution in [0.2, 0.25) is 0 Å². The molecule has 0 fully saturated rings. The van der Waals surface area contributed by atoms with Crippen molar-refractivity contribution in [3.05, 3.63) is 33.8 Å². The molecule has 0 unspecified atom stereocenters. The lowest BCUT2D eigenvalue weighted by atomic mass is 10.0. The third-order valence-corrected chi connectivity index (χ3v) is 3.33. The van der Waals surface area contributed by atoms with Gasteiger partial charge in [-0.3, -0.25) is 4.79 Å². The van der Waals surface area contributed by atoms with Crippen LogP contribution in [-0.4, -0.2) is 11.1 Å². The molecule has 0 saturated carbocycles. The second-order valence-corrected chi connectivity index (χ2v) is 4.48. The van der Waals surface area contributed by atoms with Crippen LogP contribution in [0.4, 0.5) is 0 Å². The zero-order chi connectivity index (χ0) is 11.3. The highest BCUT2D eigenvalue weighted by molar-refractivity contribution is 9.10. The summed E-state index contributed by atoms with van der Waals surface area (Å²) in [6, 6.07) is 6.14. The normalized spacial score (nSPS) is 10.3. The summed E-state index contributed by atoms with van der Waals surface area (Å²) < 4.78 is 1.12. The minimum atomic E-state index is -0.707. The predicted octanol–water partition coefficient (Wildman–Crippen LogP) is 3.55. The number of carbonyl (C=O) groups is 1. The fraction of sp³-hybridized carbons (Fsp3) is 0.417. The topological polar surface area (TPSA) is 37.3 Å². The fourth-order valence-corrected chi connectivity index (χ4v) is 1.92. The van der Waals surface area contributed by atoms with Crippen molar-refractivity contribution in [2.24, 2.45) is 0 Å². The van der Waals surface area contributed by atoms with Crippen LogP contribution in [0.1, 0.15) is 30.4 Å². The van der Waals surface area contributed by atoms with E-state index >= 15 is 0 Å². The molecule has 0 radical (unpaired) electrons. The smallest absolute Gasteiger partial charge is 0.303 e. The Morgan fingerprint density at radius 3 is 2.80 bits per heavy atom. The SMILES string of the molecule is Cc1c(Br)cccc1CCCCC(=O)O. The highest BCUT2D eigenvalue weighted by Crippen LogP contribution is 2.20. The van der Waals surface area contributed by atoms with Crippen LogP contribution in [0.25, 0.3) is 0 Å². The third-order valence-electron chi connectivity index (χ3n) is 2.47. The zero-order valence-corrected chi connectivity index (χ0v) is 10.4. The van der Waals surface area contributed by atoms with Crippen molar-refractivity contribution < 1.29 is 9.90 Å². The minimum Gasteiger partial charge on any atom is -0.481 e. The lowest BCUT2D eigenvalue weighted by Gasteiger charge is -2.06. The van der Waals surface area contributed by atoms with Gasteiger partial charge in [-0.25, -0.2) is 0 Å². The molecule has 0 spiro atoms. The molecule has 0 aliphatic carbocycles. The van der Waals surface area contributed by atoms with E-state index in [0.29, 0.717) is 0 Å². The summed E-state index contributed by atoms with van der Waals surface area (Å²) in [5, 5.41) is 8.50. The van der Waals surface area contributed by atoms with Crippen LogP contribution in [0.5, 0.6) is 0 Å². The maximum atomic E-state index is 10.3. The van der Waals surface area contributed by atoms with Crippen molar-refractivity contribution in [1.29, 1.82) is 0 Å². The van der Waals surface area contributed by atoms with Crippen LogP contribution in [0.3, 0.4) is 0 Å². The molecule has 0 amide bonds. The van der Waals surface area contributed by atoms with Crippen LogP contribution >= 0.6 is 15.9 Å². The van der Waals surface area contributed by atoms with Crippen molar-refractivity contribution >= 4 is 21.9 Å². The Balaban J connectivity index is 2.44. The van der Waals surface area contributed by atoms with Gasteiger partial charge in [0.2, 0.25) is 0 Å². The van der Waals surface area contributed by atoms with Crippen molar-refractivity contribution in [3.8, 4) is 0 Å². The van der Waals surface area contributed by atoms with E-state index in [1.165, 1.54) is 11.1 Å².